The van der Waals surface area contributed by atoms with Crippen LogP contribution < -0.4 is 4.73 Å². The van der Waals surface area contributed by atoms with Gasteiger partial charge in [-0.1, -0.05) is 0 Å². The predicted octanol–water partition coefficient (Wildman–Crippen LogP) is 4.09. The summed E-state index contributed by atoms with van der Waals surface area (Å²) in [7, 11) is 0. The monoisotopic (exact) mass is 295 g/mol. The number of nitrogens with zero attached hydrogens (tertiary/aromatic N) is 1. The molecule has 1 heterocycles. The van der Waals surface area contributed by atoms with E-state index in [-0.39, 0.29) is 5.15 Å². The SMILES string of the molecule is Cc1ccc(Cl)[n+]([O-])c1.O=P(Cl)(Cl)Cl. The summed E-state index contributed by atoms with van der Waals surface area (Å²) in [6.07, 6.45) is 1.43. The number of pyridine rings is 1. The van der Waals surface area contributed by atoms with E-state index in [0.29, 0.717) is 4.73 Å². The smallest absolute Gasteiger partial charge is 0.339 e. The average Bonchev–Trinajstić information content (AvgIpc) is 1.94. The summed E-state index contributed by atoms with van der Waals surface area (Å²) < 4.78 is 10.1. The van der Waals surface area contributed by atoms with Gasteiger partial charge < -0.3 is 5.21 Å². The summed E-state index contributed by atoms with van der Waals surface area (Å²) in [5.41, 5.74) is 0.911. The van der Waals surface area contributed by atoms with Gasteiger partial charge in [-0.15, -0.1) is 0 Å². The fourth-order valence-corrected chi connectivity index (χ4v) is 0.675. The van der Waals surface area contributed by atoms with Gasteiger partial charge in [-0.2, -0.15) is 4.73 Å². The molecule has 0 saturated carbocycles. The molecule has 0 radical (unpaired) electrons. The maximum Gasteiger partial charge on any atom is 0.339 e. The molecule has 0 unspecified atom stereocenters. The third kappa shape index (κ3) is 8.92. The maximum atomic E-state index is 10.6. The van der Waals surface area contributed by atoms with Crippen molar-refractivity contribution in [3.05, 3.63) is 34.3 Å². The molecule has 0 fully saturated rings. The summed E-state index contributed by atoms with van der Waals surface area (Å²) >= 11 is 19.3. The highest BCUT2D eigenvalue weighted by Gasteiger charge is 2.03. The van der Waals surface area contributed by atoms with Gasteiger partial charge in [0.05, 0.1) is 0 Å². The third-order valence-corrected chi connectivity index (χ3v) is 1.31. The molecule has 0 aromatic carbocycles. The van der Waals surface area contributed by atoms with Gasteiger partial charge in [0.1, 0.15) is 0 Å². The van der Waals surface area contributed by atoms with Crippen LogP contribution in [0, 0.1) is 12.1 Å². The molecule has 0 N–H and O–H groups in total. The van der Waals surface area contributed by atoms with Crippen LogP contribution in [-0.4, -0.2) is 0 Å². The molecule has 3 nitrogen and oxygen atoms in total. The molecular formula is C6H6Cl4NO2P. The van der Waals surface area contributed by atoms with Gasteiger partial charge >= 0.3 is 5.20 Å². The Morgan fingerprint density at radius 3 is 2.07 bits per heavy atom. The second-order valence-electron chi connectivity index (χ2n) is 2.25. The Balaban J connectivity index is 0.000000292. The molecule has 0 amide bonds. The topological polar surface area (TPSA) is 44.0 Å². The molecule has 0 bridgehead atoms. The third-order valence-electron chi connectivity index (χ3n) is 1.02. The molecule has 8 heteroatoms. The Hall–Kier alpha value is 0.340. The molecule has 0 aliphatic carbocycles. The Morgan fingerprint density at radius 1 is 1.36 bits per heavy atom. The van der Waals surface area contributed by atoms with E-state index in [0.717, 1.165) is 5.56 Å². The van der Waals surface area contributed by atoms with Gasteiger partial charge in [-0.05, 0) is 58.3 Å². The lowest BCUT2D eigenvalue weighted by atomic mass is 10.3. The van der Waals surface area contributed by atoms with Crippen molar-refractivity contribution in [1.29, 1.82) is 0 Å². The van der Waals surface area contributed by atoms with Crippen LogP contribution in [0.5, 0.6) is 0 Å². The summed E-state index contributed by atoms with van der Waals surface area (Å²) in [6, 6.07) is 3.36. The van der Waals surface area contributed by atoms with Crippen molar-refractivity contribution < 1.29 is 9.30 Å². The number of hydrogen-bond acceptors (Lipinski definition) is 2. The van der Waals surface area contributed by atoms with Gasteiger partial charge in [0, 0.05) is 11.6 Å². The van der Waals surface area contributed by atoms with Crippen molar-refractivity contribution in [3.8, 4) is 0 Å². The highest BCUT2D eigenvalue weighted by Crippen LogP contribution is 2.61. The number of hydrogen-bond donors (Lipinski definition) is 0. The number of aromatic nitrogens is 1. The molecule has 14 heavy (non-hydrogen) atoms. The molecule has 80 valence electrons. The lowest BCUT2D eigenvalue weighted by Crippen LogP contribution is -2.26. The van der Waals surface area contributed by atoms with Crippen LogP contribution in [0.3, 0.4) is 0 Å². The van der Waals surface area contributed by atoms with Crippen molar-refractivity contribution in [2.75, 3.05) is 0 Å². The van der Waals surface area contributed by atoms with E-state index in [1.165, 1.54) is 6.20 Å². The fourth-order valence-electron chi connectivity index (χ4n) is 0.563. The number of aryl methyl sites for hydroxylation is 1. The van der Waals surface area contributed by atoms with Crippen molar-refractivity contribution in [2.45, 2.75) is 6.92 Å². The quantitative estimate of drug-likeness (QED) is 0.313. The van der Waals surface area contributed by atoms with Crippen LogP contribution in [0.25, 0.3) is 0 Å². The van der Waals surface area contributed by atoms with Crippen molar-refractivity contribution in [3.63, 3.8) is 0 Å². The molecule has 1 aromatic heterocycles. The van der Waals surface area contributed by atoms with Gasteiger partial charge in [-0.3, -0.25) is 4.57 Å². The Bertz CT molecular complexity index is 345. The van der Waals surface area contributed by atoms with Gasteiger partial charge in [0.2, 0.25) is 0 Å². The van der Waals surface area contributed by atoms with E-state index in [2.05, 4.69) is 33.7 Å². The largest absolute Gasteiger partial charge is 0.618 e. The maximum absolute atomic E-state index is 10.6. The van der Waals surface area contributed by atoms with Gasteiger partial charge in [-0.25, -0.2) is 0 Å². The highest BCUT2D eigenvalue weighted by molar-refractivity contribution is 8.24. The molecular weight excluding hydrogens is 291 g/mol. The van der Waals surface area contributed by atoms with E-state index in [9.17, 15) is 9.77 Å². The summed E-state index contributed by atoms with van der Waals surface area (Å²) in [5, 5.41) is 7.61. The van der Waals surface area contributed by atoms with E-state index in [4.69, 9.17) is 11.6 Å². The highest BCUT2D eigenvalue weighted by atomic mass is 36.0. The average molecular weight is 297 g/mol. The minimum Gasteiger partial charge on any atom is -0.618 e. The Kier molecular flexibility index (Phi) is 6.19. The zero-order valence-corrected chi connectivity index (χ0v) is 10.9. The van der Waals surface area contributed by atoms with Crippen molar-refractivity contribution in [2.24, 2.45) is 0 Å². The Morgan fingerprint density at radius 2 is 1.79 bits per heavy atom. The summed E-state index contributed by atoms with van der Waals surface area (Å²) in [4.78, 5) is 0. The normalized spacial score (nSPS) is 10.4. The van der Waals surface area contributed by atoms with Gasteiger partial charge in [0.25, 0.3) is 5.15 Å². The lowest BCUT2D eigenvalue weighted by molar-refractivity contribution is -0.603. The first-order valence-electron chi connectivity index (χ1n) is 3.24. The van der Waals surface area contributed by atoms with E-state index < -0.39 is 5.20 Å². The second-order valence-corrected chi connectivity index (χ2v) is 9.28. The molecule has 0 spiro atoms. The Labute approximate surface area is 101 Å². The minimum absolute atomic E-state index is 0.209. The molecule has 0 saturated heterocycles. The van der Waals surface area contributed by atoms with Crippen LogP contribution in [0.15, 0.2) is 18.3 Å². The van der Waals surface area contributed by atoms with E-state index >= 15 is 0 Å². The zero-order valence-electron chi connectivity index (χ0n) is 6.95. The van der Waals surface area contributed by atoms with Crippen LogP contribution in [0.1, 0.15) is 5.56 Å². The van der Waals surface area contributed by atoms with Crippen LogP contribution in [0.4, 0.5) is 0 Å². The van der Waals surface area contributed by atoms with E-state index in [1.54, 1.807) is 12.1 Å². The van der Waals surface area contributed by atoms with Crippen LogP contribution in [-0.2, 0) is 4.57 Å². The molecule has 1 aromatic rings. The number of rotatable bonds is 0. The second kappa shape index (κ2) is 6.04. The van der Waals surface area contributed by atoms with Crippen LogP contribution >= 0.6 is 50.5 Å². The summed E-state index contributed by atoms with van der Waals surface area (Å²) in [6.45, 7) is 1.84. The molecule has 0 aliphatic rings. The first-order chi connectivity index (χ1) is 6.20. The number of halogens is 4. The predicted molar refractivity (Wildman–Crippen MR) is 60.3 cm³/mol. The zero-order chi connectivity index (χ0) is 11.4. The van der Waals surface area contributed by atoms with Crippen LogP contribution in [0.2, 0.25) is 5.15 Å². The minimum atomic E-state index is -3.22. The first-order valence-corrected chi connectivity index (χ1v) is 8.04. The van der Waals surface area contributed by atoms with Gasteiger partial charge in [0.15, 0.2) is 6.20 Å². The molecule has 0 atom stereocenters. The van der Waals surface area contributed by atoms with E-state index in [1.807, 2.05) is 6.92 Å². The first kappa shape index (κ1) is 14.3. The summed E-state index contributed by atoms with van der Waals surface area (Å²) in [5.74, 6) is 0. The molecule has 0 aliphatic heterocycles. The van der Waals surface area contributed by atoms with Crippen molar-refractivity contribution in [1.82, 2.24) is 0 Å². The fraction of sp³-hybridized carbons (Fsp3) is 0.167. The standard InChI is InChI=1S/C6H6ClNO.Cl3OP/c1-5-2-3-6(7)8(9)4-5;1-5(2,3)4/h2-4H,1H3;. The lowest BCUT2D eigenvalue weighted by Gasteiger charge is -1.96. The molecule has 1 rings (SSSR count). The van der Waals surface area contributed by atoms with Crippen molar-refractivity contribution >= 4 is 50.5 Å².